The summed E-state index contributed by atoms with van der Waals surface area (Å²) in [5.74, 6) is 0. The largest absolute Gasteiger partial charge is 0.271 e. The molecule has 0 bridgehead atoms. The predicted molar refractivity (Wildman–Crippen MR) is 42.8 cm³/mol. The van der Waals surface area contributed by atoms with Crippen molar-refractivity contribution in [3.05, 3.63) is 0 Å². The first kappa shape index (κ1) is 7.46. The van der Waals surface area contributed by atoms with Crippen molar-refractivity contribution in [1.29, 1.82) is 0 Å². The number of likely N-dealkylation sites (N-methyl/N-ethyl adjacent to an activating group) is 2. The molecule has 1 heterocycles. The summed E-state index contributed by atoms with van der Waals surface area (Å²) in [6.45, 7) is 4.56. The first-order chi connectivity index (χ1) is 4.13. The van der Waals surface area contributed by atoms with Crippen LogP contribution >= 0.6 is 8.88 Å². The Morgan fingerprint density at radius 1 is 1.00 bits per heavy atom. The summed E-state index contributed by atoms with van der Waals surface area (Å²) in [4.78, 5) is 0. The van der Waals surface area contributed by atoms with Gasteiger partial charge in [-0.1, -0.05) is 0 Å². The van der Waals surface area contributed by atoms with Gasteiger partial charge >= 0.3 is 0 Å². The van der Waals surface area contributed by atoms with Crippen molar-refractivity contribution in [1.82, 2.24) is 9.34 Å². The third-order valence-electron chi connectivity index (χ3n) is 2.24. The standard InChI is InChI=1S/C6H15N2P/c1-5-6(2)8(4)9-7(5)3/h5-6,9H,1-4H3/t5-,6-/m1/s1. The molecule has 0 amide bonds. The SMILES string of the molecule is C[C@@H]1[C@@H](C)N(C)PN1C. The van der Waals surface area contributed by atoms with Gasteiger partial charge in [0.25, 0.3) is 0 Å². The van der Waals surface area contributed by atoms with E-state index in [2.05, 4.69) is 37.3 Å². The molecule has 0 radical (unpaired) electrons. The van der Waals surface area contributed by atoms with Crippen molar-refractivity contribution < 1.29 is 0 Å². The van der Waals surface area contributed by atoms with E-state index in [1.165, 1.54) is 0 Å². The number of nitrogens with zero attached hydrogens (tertiary/aromatic N) is 2. The highest BCUT2D eigenvalue weighted by molar-refractivity contribution is 7.32. The maximum Gasteiger partial charge on any atom is 0.0268 e. The van der Waals surface area contributed by atoms with Gasteiger partial charge in [-0.15, -0.1) is 0 Å². The summed E-state index contributed by atoms with van der Waals surface area (Å²) < 4.78 is 4.79. The number of rotatable bonds is 0. The first-order valence-electron chi connectivity index (χ1n) is 3.35. The molecule has 9 heavy (non-hydrogen) atoms. The molecule has 0 aromatic carbocycles. The highest BCUT2D eigenvalue weighted by atomic mass is 31.1. The molecule has 1 aliphatic rings. The van der Waals surface area contributed by atoms with Crippen LogP contribution in [0.3, 0.4) is 0 Å². The maximum absolute atomic E-state index is 2.39. The quantitative estimate of drug-likeness (QED) is 0.473. The van der Waals surface area contributed by atoms with Gasteiger partial charge < -0.3 is 0 Å². The lowest BCUT2D eigenvalue weighted by Gasteiger charge is -2.15. The summed E-state index contributed by atoms with van der Waals surface area (Å²) in [6, 6.07) is 1.46. The Morgan fingerprint density at radius 2 is 1.33 bits per heavy atom. The highest BCUT2D eigenvalue weighted by Gasteiger charge is 2.28. The van der Waals surface area contributed by atoms with Crippen molar-refractivity contribution in [3.8, 4) is 0 Å². The van der Waals surface area contributed by atoms with E-state index in [1.807, 2.05) is 0 Å². The minimum Gasteiger partial charge on any atom is -0.271 e. The Labute approximate surface area is 59.1 Å². The minimum atomic E-state index is 0.730. The Bertz CT molecular complexity index is 95.2. The van der Waals surface area contributed by atoms with Gasteiger partial charge in [0.15, 0.2) is 0 Å². The normalized spacial score (nSPS) is 40.0. The molecule has 3 heteroatoms. The second-order valence-corrected chi connectivity index (χ2v) is 4.41. The molecule has 1 aliphatic heterocycles. The molecular formula is C6H15N2P. The van der Waals surface area contributed by atoms with Crippen LogP contribution in [0.15, 0.2) is 0 Å². The third-order valence-corrected chi connectivity index (χ3v) is 3.68. The highest BCUT2D eigenvalue weighted by Crippen LogP contribution is 2.35. The monoisotopic (exact) mass is 146 g/mol. The second kappa shape index (κ2) is 2.53. The second-order valence-electron chi connectivity index (χ2n) is 2.80. The maximum atomic E-state index is 2.39. The van der Waals surface area contributed by atoms with Crippen molar-refractivity contribution in [3.63, 3.8) is 0 Å². The van der Waals surface area contributed by atoms with Crippen molar-refractivity contribution in [2.24, 2.45) is 0 Å². The smallest absolute Gasteiger partial charge is 0.0268 e. The van der Waals surface area contributed by atoms with Crippen LogP contribution in [0.4, 0.5) is 0 Å². The Morgan fingerprint density at radius 3 is 1.44 bits per heavy atom. The summed E-state index contributed by atoms with van der Waals surface area (Å²) in [5.41, 5.74) is 0. The van der Waals surface area contributed by atoms with E-state index in [1.54, 1.807) is 0 Å². The average molecular weight is 146 g/mol. The third kappa shape index (κ3) is 1.26. The molecule has 0 N–H and O–H groups in total. The van der Waals surface area contributed by atoms with E-state index < -0.39 is 0 Å². The number of hydrogen-bond acceptors (Lipinski definition) is 2. The van der Waals surface area contributed by atoms with Crippen LogP contribution in [-0.4, -0.2) is 35.5 Å². The van der Waals surface area contributed by atoms with E-state index in [0.29, 0.717) is 0 Å². The van der Waals surface area contributed by atoms with Gasteiger partial charge in [-0.25, -0.2) is 0 Å². The average Bonchev–Trinajstić information content (AvgIpc) is 1.98. The van der Waals surface area contributed by atoms with E-state index in [9.17, 15) is 0 Å². The Hall–Kier alpha value is 0.350. The predicted octanol–water partition coefficient (Wildman–Crippen LogP) is 1.15. The van der Waals surface area contributed by atoms with Crippen LogP contribution in [0.5, 0.6) is 0 Å². The van der Waals surface area contributed by atoms with Gasteiger partial charge in [0, 0.05) is 21.0 Å². The molecule has 0 aromatic rings. The van der Waals surface area contributed by atoms with Gasteiger partial charge in [-0.3, -0.25) is 9.34 Å². The lowest BCUT2D eigenvalue weighted by Crippen LogP contribution is -2.29. The minimum absolute atomic E-state index is 0.730. The van der Waals surface area contributed by atoms with Crippen LogP contribution in [0.25, 0.3) is 0 Å². The van der Waals surface area contributed by atoms with E-state index in [4.69, 9.17) is 0 Å². The molecule has 2 atom stereocenters. The van der Waals surface area contributed by atoms with Gasteiger partial charge in [0.2, 0.25) is 0 Å². The lowest BCUT2D eigenvalue weighted by molar-refractivity contribution is 0.344. The molecular weight excluding hydrogens is 131 g/mol. The van der Waals surface area contributed by atoms with Gasteiger partial charge in [0.05, 0.1) is 0 Å². The molecule has 0 aromatic heterocycles. The zero-order chi connectivity index (χ0) is 7.02. The molecule has 1 fully saturated rings. The molecule has 1 rings (SSSR count). The van der Waals surface area contributed by atoms with Crippen LogP contribution < -0.4 is 0 Å². The fraction of sp³-hybridized carbons (Fsp3) is 1.00. The summed E-state index contributed by atoms with van der Waals surface area (Å²) in [6.07, 6.45) is 0. The first-order valence-corrected chi connectivity index (χ1v) is 4.24. The van der Waals surface area contributed by atoms with Crippen LogP contribution in [0.1, 0.15) is 13.8 Å². The summed E-state index contributed by atoms with van der Waals surface area (Å²) in [7, 11) is 5.25. The Kier molecular flexibility index (Phi) is 2.10. The van der Waals surface area contributed by atoms with E-state index >= 15 is 0 Å². The summed E-state index contributed by atoms with van der Waals surface area (Å²) >= 11 is 0. The molecule has 0 unspecified atom stereocenters. The van der Waals surface area contributed by atoms with Crippen molar-refractivity contribution in [2.75, 3.05) is 14.1 Å². The van der Waals surface area contributed by atoms with Gasteiger partial charge in [-0.05, 0) is 27.9 Å². The fourth-order valence-corrected chi connectivity index (χ4v) is 2.37. The van der Waals surface area contributed by atoms with Crippen LogP contribution in [-0.2, 0) is 0 Å². The zero-order valence-electron chi connectivity index (χ0n) is 6.55. The van der Waals surface area contributed by atoms with E-state index in [0.717, 1.165) is 21.0 Å². The number of hydrogen-bond donors (Lipinski definition) is 0. The van der Waals surface area contributed by atoms with E-state index in [-0.39, 0.29) is 0 Å². The van der Waals surface area contributed by atoms with Crippen LogP contribution in [0.2, 0.25) is 0 Å². The molecule has 1 saturated heterocycles. The van der Waals surface area contributed by atoms with Crippen molar-refractivity contribution in [2.45, 2.75) is 25.9 Å². The van der Waals surface area contributed by atoms with Gasteiger partial charge in [-0.2, -0.15) is 0 Å². The topological polar surface area (TPSA) is 6.48 Å². The van der Waals surface area contributed by atoms with Gasteiger partial charge in [0.1, 0.15) is 0 Å². The molecule has 0 spiro atoms. The lowest BCUT2D eigenvalue weighted by atomic mass is 10.2. The molecule has 2 nitrogen and oxygen atoms in total. The zero-order valence-corrected chi connectivity index (χ0v) is 7.55. The molecule has 0 saturated carbocycles. The summed E-state index contributed by atoms with van der Waals surface area (Å²) in [5, 5.41) is 0. The Balaban J connectivity index is 2.54. The fourth-order valence-electron chi connectivity index (χ4n) is 1.08. The molecule has 54 valence electrons. The van der Waals surface area contributed by atoms with Crippen molar-refractivity contribution >= 4 is 8.88 Å². The van der Waals surface area contributed by atoms with Crippen LogP contribution in [0, 0.1) is 0 Å². The molecule has 0 aliphatic carbocycles.